The summed E-state index contributed by atoms with van der Waals surface area (Å²) in [5.74, 6) is -0.635. The zero-order valence-corrected chi connectivity index (χ0v) is 12.0. The molecule has 108 valence electrons. The van der Waals surface area contributed by atoms with Crippen molar-refractivity contribution in [3.8, 4) is 6.07 Å². The van der Waals surface area contributed by atoms with Gasteiger partial charge in [0.2, 0.25) is 0 Å². The zero-order valence-electron chi connectivity index (χ0n) is 10.5. The third-order valence-electron chi connectivity index (χ3n) is 2.60. The molecule has 8 heteroatoms. The number of sulfonamides is 1. The van der Waals surface area contributed by atoms with Gasteiger partial charge in [0.15, 0.2) is 0 Å². The molecule has 0 saturated carbocycles. The van der Waals surface area contributed by atoms with Gasteiger partial charge in [-0.15, -0.1) is 0 Å². The third-order valence-corrected chi connectivity index (χ3v) is 4.39. The second-order valence-electron chi connectivity index (χ2n) is 4.09. The van der Waals surface area contributed by atoms with Crippen LogP contribution in [-0.4, -0.2) is 8.42 Å². The van der Waals surface area contributed by atoms with E-state index in [0.29, 0.717) is 0 Å². The molecule has 3 N–H and O–H groups in total. The average Bonchev–Trinajstić information content (AvgIpc) is 2.40. The van der Waals surface area contributed by atoms with E-state index in [9.17, 15) is 12.8 Å². The highest BCUT2D eigenvalue weighted by Crippen LogP contribution is 2.25. The minimum Gasteiger partial charge on any atom is -0.398 e. The molecule has 5 nitrogen and oxygen atoms in total. The van der Waals surface area contributed by atoms with Crippen molar-refractivity contribution in [2.45, 2.75) is 4.90 Å². The first-order valence-corrected chi connectivity index (χ1v) is 7.47. The highest BCUT2D eigenvalue weighted by Gasteiger charge is 2.18. The van der Waals surface area contributed by atoms with Crippen LogP contribution in [0.15, 0.2) is 41.3 Å². The number of rotatable bonds is 3. The molecule has 0 spiro atoms. The molecule has 21 heavy (non-hydrogen) atoms. The van der Waals surface area contributed by atoms with Gasteiger partial charge in [0.05, 0.1) is 22.0 Å². The minimum atomic E-state index is -3.99. The van der Waals surface area contributed by atoms with Crippen molar-refractivity contribution in [2.24, 2.45) is 0 Å². The van der Waals surface area contributed by atoms with Crippen molar-refractivity contribution in [3.05, 3.63) is 52.8 Å². The molecule has 0 aliphatic rings. The Bertz CT molecular complexity index is 847. The third kappa shape index (κ3) is 3.24. The summed E-state index contributed by atoms with van der Waals surface area (Å²) >= 11 is 5.77. The summed E-state index contributed by atoms with van der Waals surface area (Å²) in [5, 5.41) is 9.07. The molecule has 0 radical (unpaired) electrons. The lowest BCUT2D eigenvalue weighted by atomic mass is 10.2. The van der Waals surface area contributed by atoms with Gasteiger partial charge >= 0.3 is 0 Å². The fourth-order valence-electron chi connectivity index (χ4n) is 1.65. The maximum Gasteiger partial charge on any atom is 0.263 e. The Labute approximate surface area is 125 Å². The molecule has 0 aliphatic heterocycles. The standard InChI is InChI=1S/C13H9ClFN3O2S/c14-11-3-2-10(5-8(11)7-16)18-21(19,20)13-4-1-9(15)6-12(13)17/h1-6,18H,17H2. The van der Waals surface area contributed by atoms with Gasteiger partial charge in [-0.05, 0) is 36.4 Å². The summed E-state index contributed by atoms with van der Waals surface area (Å²) in [7, 11) is -3.99. The lowest BCUT2D eigenvalue weighted by Gasteiger charge is -2.10. The number of benzene rings is 2. The van der Waals surface area contributed by atoms with Crippen molar-refractivity contribution in [3.63, 3.8) is 0 Å². The maximum atomic E-state index is 13.0. The number of hydrogen-bond acceptors (Lipinski definition) is 4. The summed E-state index contributed by atoms with van der Waals surface area (Å²) in [6, 6.07) is 8.90. The fourth-order valence-corrected chi connectivity index (χ4v) is 2.97. The number of nitrogens with one attached hydrogen (secondary N) is 1. The number of halogens is 2. The largest absolute Gasteiger partial charge is 0.398 e. The fraction of sp³-hybridized carbons (Fsp3) is 0. The van der Waals surface area contributed by atoms with Gasteiger partial charge in [-0.3, -0.25) is 4.72 Å². The van der Waals surface area contributed by atoms with Gasteiger partial charge in [0.25, 0.3) is 10.0 Å². The Kier molecular flexibility index (Phi) is 4.02. The van der Waals surface area contributed by atoms with Crippen molar-refractivity contribution in [1.82, 2.24) is 0 Å². The van der Waals surface area contributed by atoms with Crippen LogP contribution in [-0.2, 0) is 10.0 Å². The Morgan fingerprint density at radius 3 is 2.57 bits per heavy atom. The molecule has 0 fully saturated rings. The van der Waals surface area contributed by atoms with E-state index in [1.165, 1.54) is 18.2 Å². The van der Waals surface area contributed by atoms with E-state index in [-0.39, 0.29) is 26.9 Å². The van der Waals surface area contributed by atoms with Crippen LogP contribution in [0.4, 0.5) is 15.8 Å². The summed E-state index contributed by atoms with van der Waals surface area (Å²) in [4.78, 5) is -0.252. The normalized spacial score (nSPS) is 10.9. The molecule has 2 aromatic rings. The van der Waals surface area contributed by atoms with E-state index in [1.807, 2.05) is 6.07 Å². The van der Waals surface area contributed by atoms with E-state index < -0.39 is 15.8 Å². The SMILES string of the molecule is N#Cc1cc(NS(=O)(=O)c2ccc(F)cc2N)ccc1Cl. The molecule has 0 unspecified atom stereocenters. The molecule has 2 aromatic carbocycles. The molecule has 0 bridgehead atoms. The quantitative estimate of drug-likeness (QED) is 0.848. The molecule has 0 aliphatic carbocycles. The van der Waals surface area contributed by atoms with Crippen LogP contribution in [0, 0.1) is 17.1 Å². The molecule has 0 saturated heterocycles. The lowest BCUT2D eigenvalue weighted by Crippen LogP contribution is -2.15. The van der Waals surface area contributed by atoms with E-state index in [4.69, 9.17) is 22.6 Å². The summed E-state index contributed by atoms with van der Waals surface area (Å²) in [6.07, 6.45) is 0. The number of nitrogens with zero attached hydrogens (tertiary/aromatic N) is 1. The van der Waals surface area contributed by atoms with Crippen LogP contribution < -0.4 is 10.5 Å². The van der Waals surface area contributed by atoms with Crippen LogP contribution in [0.25, 0.3) is 0 Å². The molecular formula is C13H9ClFN3O2S. The summed E-state index contributed by atoms with van der Waals surface area (Å²) in [5.41, 5.74) is 5.58. The highest BCUT2D eigenvalue weighted by atomic mass is 35.5. The highest BCUT2D eigenvalue weighted by molar-refractivity contribution is 7.92. The first-order chi connectivity index (χ1) is 9.83. The number of nitrogens with two attached hydrogens (primary N) is 1. The van der Waals surface area contributed by atoms with Crippen LogP contribution >= 0.6 is 11.6 Å². The number of anilines is 2. The van der Waals surface area contributed by atoms with E-state index >= 15 is 0 Å². The van der Waals surface area contributed by atoms with Gasteiger partial charge in [-0.1, -0.05) is 11.6 Å². The predicted molar refractivity (Wildman–Crippen MR) is 77.8 cm³/mol. The smallest absolute Gasteiger partial charge is 0.263 e. The number of nitrogen functional groups attached to an aromatic ring is 1. The van der Waals surface area contributed by atoms with Gasteiger partial charge in [-0.25, -0.2) is 12.8 Å². The van der Waals surface area contributed by atoms with Crippen molar-refractivity contribution >= 4 is 33.0 Å². The first-order valence-electron chi connectivity index (χ1n) is 5.61. The Hall–Kier alpha value is -2.30. The molecule has 2 rings (SSSR count). The monoisotopic (exact) mass is 325 g/mol. The van der Waals surface area contributed by atoms with Gasteiger partial charge in [0.1, 0.15) is 16.8 Å². The van der Waals surface area contributed by atoms with Crippen LogP contribution in [0.1, 0.15) is 5.56 Å². The second kappa shape index (κ2) is 5.60. The van der Waals surface area contributed by atoms with E-state index in [1.54, 1.807) is 0 Å². The maximum absolute atomic E-state index is 13.0. The van der Waals surface area contributed by atoms with E-state index in [2.05, 4.69) is 4.72 Å². The van der Waals surface area contributed by atoms with Crippen LogP contribution in [0.5, 0.6) is 0 Å². The van der Waals surface area contributed by atoms with Gasteiger partial charge in [0, 0.05) is 0 Å². The second-order valence-corrected chi connectivity index (χ2v) is 6.15. The van der Waals surface area contributed by atoms with Gasteiger partial charge < -0.3 is 5.73 Å². The lowest BCUT2D eigenvalue weighted by molar-refractivity contribution is 0.600. The van der Waals surface area contributed by atoms with Crippen molar-refractivity contribution < 1.29 is 12.8 Å². The first kappa shape index (κ1) is 15.1. The molecule has 0 heterocycles. The van der Waals surface area contributed by atoms with Crippen molar-refractivity contribution in [1.29, 1.82) is 5.26 Å². The Morgan fingerprint density at radius 2 is 1.95 bits per heavy atom. The molecule has 0 aromatic heterocycles. The minimum absolute atomic E-state index is 0.129. The number of hydrogen-bond donors (Lipinski definition) is 2. The zero-order chi connectivity index (χ0) is 15.6. The van der Waals surface area contributed by atoms with Crippen LogP contribution in [0.2, 0.25) is 5.02 Å². The summed E-state index contributed by atoms with van der Waals surface area (Å²) < 4.78 is 39.6. The number of nitriles is 1. The van der Waals surface area contributed by atoms with Crippen molar-refractivity contribution in [2.75, 3.05) is 10.5 Å². The Morgan fingerprint density at radius 1 is 1.24 bits per heavy atom. The molecule has 0 amide bonds. The molecular weight excluding hydrogens is 317 g/mol. The Balaban J connectivity index is 2.40. The van der Waals surface area contributed by atoms with Gasteiger partial charge in [-0.2, -0.15) is 5.26 Å². The van der Waals surface area contributed by atoms with Crippen LogP contribution in [0.3, 0.4) is 0 Å². The van der Waals surface area contributed by atoms with E-state index in [0.717, 1.165) is 18.2 Å². The average molecular weight is 326 g/mol. The molecule has 0 atom stereocenters. The predicted octanol–water partition coefficient (Wildman–Crippen LogP) is 2.73. The summed E-state index contributed by atoms with van der Waals surface area (Å²) in [6.45, 7) is 0. The topological polar surface area (TPSA) is 96.0 Å².